The van der Waals surface area contributed by atoms with E-state index in [1.54, 1.807) is 54.4 Å². The van der Waals surface area contributed by atoms with Crippen molar-refractivity contribution in [3.63, 3.8) is 0 Å². The van der Waals surface area contributed by atoms with Gasteiger partial charge in [-0.05, 0) is 36.4 Å². The van der Waals surface area contributed by atoms with Crippen molar-refractivity contribution in [3.05, 3.63) is 80.9 Å². The lowest BCUT2D eigenvalue weighted by Gasteiger charge is -2.20. The smallest absolute Gasteiger partial charge is 0.287 e. The van der Waals surface area contributed by atoms with E-state index in [-0.39, 0.29) is 30.5 Å². The molecule has 9 heteroatoms. The molecule has 6 nitrogen and oxygen atoms in total. The fourth-order valence-corrected chi connectivity index (χ4v) is 3.05. The lowest BCUT2D eigenvalue weighted by Crippen LogP contribution is -2.30. The first kappa shape index (κ1) is 21.9. The molecule has 1 aromatic heterocycles. The van der Waals surface area contributed by atoms with Gasteiger partial charge in [-0.15, -0.1) is 0 Å². The summed E-state index contributed by atoms with van der Waals surface area (Å²) in [5.74, 6) is 0.388. The summed E-state index contributed by atoms with van der Waals surface area (Å²) in [7, 11) is 1.75. The maximum atomic E-state index is 13.6. The first-order chi connectivity index (χ1) is 14.5. The molecule has 0 aliphatic rings. The van der Waals surface area contributed by atoms with Gasteiger partial charge in [0.1, 0.15) is 24.0 Å². The molecule has 0 N–H and O–H groups in total. The van der Waals surface area contributed by atoms with E-state index in [1.807, 2.05) is 0 Å². The second-order valence-corrected chi connectivity index (χ2v) is 7.19. The van der Waals surface area contributed by atoms with E-state index >= 15 is 0 Å². The summed E-state index contributed by atoms with van der Waals surface area (Å²) in [4.78, 5) is 14.2. The monoisotopic (exact) mass is 451 g/mol. The lowest BCUT2D eigenvalue weighted by molar-refractivity contribution is 0.287. The quantitative estimate of drug-likeness (QED) is 0.485. The highest BCUT2D eigenvalue weighted by Crippen LogP contribution is 2.20. The zero-order valence-corrected chi connectivity index (χ0v) is 17.7. The number of anilines is 1. The fourth-order valence-electron chi connectivity index (χ4n) is 2.64. The van der Waals surface area contributed by atoms with Gasteiger partial charge >= 0.3 is 0 Å². The minimum absolute atomic E-state index is 0.0462. The molecule has 0 atom stereocenters. The molecular formula is C21H20Cl2FN3O3. The lowest BCUT2D eigenvalue weighted by atomic mass is 10.3. The largest absolute Gasteiger partial charge is 0.492 e. The summed E-state index contributed by atoms with van der Waals surface area (Å²) in [5, 5.41) is 4.82. The highest BCUT2D eigenvalue weighted by Gasteiger charge is 2.13. The van der Waals surface area contributed by atoms with Crippen LogP contribution in [0.2, 0.25) is 10.0 Å². The fraction of sp³-hybridized carbons (Fsp3) is 0.238. The van der Waals surface area contributed by atoms with Crippen molar-refractivity contribution in [2.24, 2.45) is 0 Å². The first-order valence-electron chi connectivity index (χ1n) is 9.18. The van der Waals surface area contributed by atoms with Gasteiger partial charge in [-0.25, -0.2) is 9.07 Å². The van der Waals surface area contributed by atoms with Crippen LogP contribution in [0, 0.1) is 5.82 Å². The average molecular weight is 452 g/mol. The van der Waals surface area contributed by atoms with Crippen LogP contribution in [0.1, 0.15) is 0 Å². The van der Waals surface area contributed by atoms with Gasteiger partial charge in [0, 0.05) is 12.1 Å². The third-order valence-corrected chi connectivity index (χ3v) is 4.89. The molecule has 0 saturated heterocycles. The molecule has 0 saturated carbocycles. The predicted molar refractivity (Wildman–Crippen MR) is 116 cm³/mol. The van der Waals surface area contributed by atoms with Crippen LogP contribution in [0.5, 0.6) is 11.5 Å². The molecule has 0 unspecified atom stereocenters. The number of likely N-dealkylation sites (N-methyl/N-ethyl adjacent to an activating group) is 1. The van der Waals surface area contributed by atoms with Gasteiger partial charge in [0.2, 0.25) is 0 Å². The van der Waals surface area contributed by atoms with Gasteiger partial charge in [0.05, 0.1) is 25.0 Å². The Morgan fingerprint density at radius 3 is 2.53 bits per heavy atom. The van der Waals surface area contributed by atoms with Gasteiger partial charge in [0.25, 0.3) is 5.56 Å². The second kappa shape index (κ2) is 10.3. The summed E-state index contributed by atoms with van der Waals surface area (Å²) in [6, 6.07) is 13.1. The SMILES string of the molecule is CN(CCOc1ccccc1F)c1cnn(CCOc2ccc(Cl)cc2)c(=O)c1Cl. The Morgan fingerprint density at radius 1 is 1.07 bits per heavy atom. The molecule has 0 bridgehead atoms. The van der Waals surface area contributed by atoms with E-state index in [2.05, 4.69) is 5.10 Å². The second-order valence-electron chi connectivity index (χ2n) is 6.37. The molecule has 1 heterocycles. The number of ether oxygens (including phenoxy) is 2. The average Bonchev–Trinajstić information content (AvgIpc) is 2.74. The summed E-state index contributed by atoms with van der Waals surface area (Å²) in [5.41, 5.74) is 0.0458. The van der Waals surface area contributed by atoms with Crippen LogP contribution in [-0.2, 0) is 6.54 Å². The van der Waals surface area contributed by atoms with Crippen LogP contribution in [0.4, 0.5) is 10.1 Å². The van der Waals surface area contributed by atoms with Gasteiger partial charge < -0.3 is 14.4 Å². The summed E-state index contributed by atoms with van der Waals surface area (Å²) in [6.45, 7) is 1.09. The van der Waals surface area contributed by atoms with Crippen molar-refractivity contribution in [2.75, 3.05) is 31.7 Å². The zero-order chi connectivity index (χ0) is 21.5. The molecule has 0 fully saturated rings. The van der Waals surface area contributed by atoms with E-state index in [9.17, 15) is 9.18 Å². The van der Waals surface area contributed by atoms with Crippen LogP contribution < -0.4 is 19.9 Å². The Bertz CT molecular complexity index is 1040. The number of para-hydroxylation sites is 1. The molecule has 2 aromatic carbocycles. The van der Waals surface area contributed by atoms with Gasteiger partial charge in [-0.3, -0.25) is 4.79 Å². The maximum absolute atomic E-state index is 13.6. The van der Waals surface area contributed by atoms with E-state index in [0.717, 1.165) is 0 Å². The molecule has 3 rings (SSSR count). The van der Waals surface area contributed by atoms with Crippen molar-refractivity contribution in [1.82, 2.24) is 9.78 Å². The van der Waals surface area contributed by atoms with E-state index in [4.69, 9.17) is 32.7 Å². The molecule has 158 valence electrons. The van der Waals surface area contributed by atoms with Crippen LogP contribution in [0.15, 0.2) is 59.5 Å². The third kappa shape index (κ3) is 5.64. The number of rotatable bonds is 9. The van der Waals surface area contributed by atoms with Crippen molar-refractivity contribution in [2.45, 2.75) is 6.54 Å². The van der Waals surface area contributed by atoms with Crippen molar-refractivity contribution < 1.29 is 13.9 Å². The van der Waals surface area contributed by atoms with Crippen LogP contribution in [-0.4, -0.2) is 36.6 Å². The van der Waals surface area contributed by atoms with E-state index in [0.29, 0.717) is 23.0 Å². The Hall–Kier alpha value is -2.77. The Labute approximate surface area is 183 Å². The number of hydrogen-bond acceptors (Lipinski definition) is 5. The van der Waals surface area contributed by atoms with E-state index < -0.39 is 11.4 Å². The van der Waals surface area contributed by atoms with Gasteiger partial charge in [-0.1, -0.05) is 35.3 Å². The molecule has 0 radical (unpaired) electrons. The maximum Gasteiger partial charge on any atom is 0.287 e. The molecule has 0 amide bonds. The minimum Gasteiger partial charge on any atom is -0.492 e. The number of benzene rings is 2. The van der Waals surface area contributed by atoms with Gasteiger partial charge in [0.15, 0.2) is 11.6 Å². The Morgan fingerprint density at radius 2 is 1.80 bits per heavy atom. The highest BCUT2D eigenvalue weighted by atomic mass is 35.5. The Kier molecular flexibility index (Phi) is 7.54. The number of nitrogens with zero attached hydrogens (tertiary/aromatic N) is 3. The zero-order valence-electron chi connectivity index (χ0n) is 16.2. The molecular weight excluding hydrogens is 432 g/mol. The Balaban J connectivity index is 1.56. The van der Waals surface area contributed by atoms with E-state index in [1.165, 1.54) is 16.9 Å². The standard InChI is InChI=1S/C21H20Cl2FN3O3/c1-26(10-12-30-19-5-3-2-4-17(19)24)18-14-25-27(21(28)20(18)23)11-13-29-16-8-6-15(22)7-9-16/h2-9,14H,10-13H2,1H3. The number of hydrogen-bond donors (Lipinski definition) is 0. The third-order valence-electron chi connectivity index (χ3n) is 4.28. The van der Waals surface area contributed by atoms with Gasteiger partial charge in [-0.2, -0.15) is 5.10 Å². The molecule has 0 aliphatic heterocycles. The normalized spacial score (nSPS) is 10.7. The van der Waals surface area contributed by atoms with Crippen LogP contribution in [0.3, 0.4) is 0 Å². The van der Waals surface area contributed by atoms with Crippen molar-refractivity contribution >= 4 is 28.9 Å². The topological polar surface area (TPSA) is 56.6 Å². The predicted octanol–water partition coefficient (Wildman–Crippen LogP) is 4.28. The summed E-state index contributed by atoms with van der Waals surface area (Å²) in [6.07, 6.45) is 1.51. The molecule has 30 heavy (non-hydrogen) atoms. The van der Waals surface area contributed by atoms with Crippen molar-refractivity contribution in [3.8, 4) is 11.5 Å². The highest BCUT2D eigenvalue weighted by molar-refractivity contribution is 6.33. The van der Waals surface area contributed by atoms with Crippen molar-refractivity contribution in [1.29, 1.82) is 0 Å². The molecule has 3 aromatic rings. The number of halogens is 3. The molecule has 0 aliphatic carbocycles. The first-order valence-corrected chi connectivity index (χ1v) is 9.94. The summed E-state index contributed by atoms with van der Waals surface area (Å²) >= 11 is 12.1. The van der Waals surface area contributed by atoms with Crippen LogP contribution >= 0.6 is 23.2 Å². The number of aromatic nitrogens is 2. The minimum atomic E-state index is -0.428. The van der Waals surface area contributed by atoms with Crippen LogP contribution in [0.25, 0.3) is 0 Å². The molecule has 0 spiro atoms. The summed E-state index contributed by atoms with van der Waals surface area (Å²) < 4.78 is 25.9.